The molecular formula is C18H24N2O3. The van der Waals surface area contributed by atoms with Crippen molar-refractivity contribution in [1.29, 1.82) is 0 Å². The molecule has 3 aliphatic rings. The lowest BCUT2D eigenvalue weighted by Gasteiger charge is -2.28. The van der Waals surface area contributed by atoms with E-state index in [-0.39, 0.29) is 6.61 Å². The Hall–Kier alpha value is -1.62. The molecule has 2 bridgehead atoms. The highest BCUT2D eigenvalue weighted by Crippen LogP contribution is 2.53. The summed E-state index contributed by atoms with van der Waals surface area (Å²) in [6, 6.07) is 3.93. The Balaban J connectivity index is 1.59. The first-order chi connectivity index (χ1) is 11.1. The summed E-state index contributed by atoms with van der Waals surface area (Å²) in [5.41, 5.74) is 7.69. The molecule has 5 nitrogen and oxygen atoms in total. The average Bonchev–Trinajstić information content (AvgIpc) is 3.18. The van der Waals surface area contributed by atoms with Crippen LogP contribution in [0.3, 0.4) is 0 Å². The number of hydrogen-bond acceptors (Lipinski definition) is 4. The van der Waals surface area contributed by atoms with E-state index in [4.69, 9.17) is 10.5 Å². The molecule has 0 aromatic carbocycles. The molecule has 23 heavy (non-hydrogen) atoms. The maximum Gasteiger partial charge on any atom is 0.404 e. The SMILES string of the molecule is NC(=O)OCc1ccc(C2CC2)c(C(O)C2CC3CCC2C3)n1. The van der Waals surface area contributed by atoms with Crippen LogP contribution >= 0.6 is 0 Å². The van der Waals surface area contributed by atoms with Crippen molar-refractivity contribution in [3.8, 4) is 0 Å². The van der Waals surface area contributed by atoms with Gasteiger partial charge in [-0.3, -0.25) is 4.98 Å². The Morgan fingerprint density at radius 3 is 2.74 bits per heavy atom. The van der Waals surface area contributed by atoms with E-state index < -0.39 is 12.2 Å². The number of amides is 1. The van der Waals surface area contributed by atoms with E-state index in [1.165, 1.54) is 37.7 Å². The highest BCUT2D eigenvalue weighted by atomic mass is 16.5. The number of aromatic nitrogens is 1. The van der Waals surface area contributed by atoms with Gasteiger partial charge in [0, 0.05) is 0 Å². The van der Waals surface area contributed by atoms with Crippen molar-refractivity contribution < 1.29 is 14.6 Å². The molecule has 4 atom stereocenters. The third-order valence-corrected chi connectivity index (χ3v) is 5.87. The molecule has 1 aromatic heterocycles. The van der Waals surface area contributed by atoms with Gasteiger partial charge in [0.15, 0.2) is 0 Å². The number of aliphatic hydroxyl groups is 1. The Bertz CT molecular complexity index is 614. The molecule has 5 heteroatoms. The summed E-state index contributed by atoms with van der Waals surface area (Å²) in [7, 11) is 0. The topological polar surface area (TPSA) is 85.4 Å². The number of fused-ring (bicyclic) bond motifs is 2. The van der Waals surface area contributed by atoms with Crippen LogP contribution in [0.1, 0.15) is 67.5 Å². The second-order valence-electron chi connectivity index (χ2n) is 7.44. The van der Waals surface area contributed by atoms with E-state index in [1.807, 2.05) is 6.07 Å². The number of ether oxygens (including phenoxy) is 1. The first-order valence-corrected chi connectivity index (χ1v) is 8.72. The molecule has 0 saturated heterocycles. The zero-order valence-corrected chi connectivity index (χ0v) is 13.3. The lowest BCUT2D eigenvalue weighted by molar-refractivity contribution is 0.0696. The van der Waals surface area contributed by atoms with E-state index in [2.05, 4.69) is 11.1 Å². The van der Waals surface area contributed by atoms with Crippen LogP contribution in [-0.2, 0) is 11.3 Å². The zero-order chi connectivity index (χ0) is 16.0. The van der Waals surface area contributed by atoms with Gasteiger partial charge in [-0.25, -0.2) is 4.79 Å². The number of rotatable bonds is 5. The fourth-order valence-corrected chi connectivity index (χ4v) is 4.61. The molecule has 1 aromatic rings. The number of nitrogens with two attached hydrogens (primary N) is 1. The van der Waals surface area contributed by atoms with Crippen LogP contribution in [0.5, 0.6) is 0 Å². The molecule has 4 rings (SSSR count). The Morgan fingerprint density at radius 2 is 2.13 bits per heavy atom. The molecule has 0 aliphatic heterocycles. The maximum absolute atomic E-state index is 11.0. The summed E-state index contributed by atoms with van der Waals surface area (Å²) in [6.07, 6.45) is 6.02. The van der Waals surface area contributed by atoms with Crippen LogP contribution in [0.2, 0.25) is 0 Å². The quantitative estimate of drug-likeness (QED) is 0.874. The van der Waals surface area contributed by atoms with Crippen LogP contribution < -0.4 is 5.73 Å². The van der Waals surface area contributed by atoms with Crippen LogP contribution in [0.15, 0.2) is 12.1 Å². The minimum atomic E-state index is -0.798. The third-order valence-electron chi connectivity index (χ3n) is 5.87. The number of pyridine rings is 1. The Labute approximate surface area is 136 Å². The van der Waals surface area contributed by atoms with Gasteiger partial charge in [0.25, 0.3) is 0 Å². The lowest BCUT2D eigenvalue weighted by atomic mass is 9.82. The van der Waals surface area contributed by atoms with E-state index >= 15 is 0 Å². The molecule has 1 heterocycles. The maximum atomic E-state index is 11.0. The predicted octanol–water partition coefficient (Wildman–Crippen LogP) is 3.02. The van der Waals surface area contributed by atoms with Crippen molar-refractivity contribution in [2.24, 2.45) is 23.5 Å². The van der Waals surface area contributed by atoms with Crippen molar-refractivity contribution >= 4 is 6.09 Å². The summed E-state index contributed by atoms with van der Waals surface area (Å²) >= 11 is 0. The number of primary amides is 1. The molecule has 0 radical (unpaired) electrons. The predicted molar refractivity (Wildman–Crippen MR) is 84.5 cm³/mol. The van der Waals surface area contributed by atoms with Crippen LogP contribution in [-0.4, -0.2) is 16.2 Å². The van der Waals surface area contributed by atoms with Gasteiger partial charge >= 0.3 is 6.09 Å². The van der Waals surface area contributed by atoms with Gasteiger partial charge in [-0.15, -0.1) is 0 Å². The Morgan fingerprint density at radius 1 is 1.30 bits per heavy atom. The number of hydrogen-bond donors (Lipinski definition) is 2. The number of aliphatic hydroxyl groups excluding tert-OH is 1. The van der Waals surface area contributed by atoms with Gasteiger partial charge in [0.1, 0.15) is 6.61 Å². The molecule has 3 N–H and O–H groups in total. The summed E-state index contributed by atoms with van der Waals surface area (Å²) < 4.78 is 4.85. The lowest BCUT2D eigenvalue weighted by Crippen LogP contribution is -2.22. The minimum Gasteiger partial charge on any atom is -0.443 e. The summed E-state index contributed by atoms with van der Waals surface area (Å²) in [6.45, 7) is 0.0662. The highest BCUT2D eigenvalue weighted by Gasteiger charge is 2.44. The highest BCUT2D eigenvalue weighted by molar-refractivity contribution is 5.64. The van der Waals surface area contributed by atoms with Gasteiger partial charge in [-0.1, -0.05) is 12.5 Å². The minimum absolute atomic E-state index is 0.0662. The van der Waals surface area contributed by atoms with E-state index in [0.717, 1.165) is 18.0 Å². The third kappa shape index (κ3) is 2.94. The first kappa shape index (κ1) is 14.9. The first-order valence-electron chi connectivity index (χ1n) is 8.72. The fraction of sp³-hybridized carbons (Fsp3) is 0.667. The molecule has 0 spiro atoms. The monoisotopic (exact) mass is 316 g/mol. The second-order valence-corrected chi connectivity index (χ2v) is 7.44. The van der Waals surface area contributed by atoms with E-state index in [1.54, 1.807) is 0 Å². The van der Waals surface area contributed by atoms with Gasteiger partial charge in [-0.2, -0.15) is 0 Å². The second kappa shape index (κ2) is 5.78. The molecular weight excluding hydrogens is 292 g/mol. The van der Waals surface area contributed by atoms with Crippen molar-refractivity contribution in [2.75, 3.05) is 0 Å². The van der Waals surface area contributed by atoms with Crippen molar-refractivity contribution in [2.45, 2.75) is 57.2 Å². The van der Waals surface area contributed by atoms with Crippen LogP contribution in [0.4, 0.5) is 4.79 Å². The van der Waals surface area contributed by atoms with E-state index in [0.29, 0.717) is 23.4 Å². The van der Waals surface area contributed by atoms with Crippen molar-refractivity contribution in [3.63, 3.8) is 0 Å². The molecule has 3 aliphatic carbocycles. The molecule has 1 amide bonds. The molecule has 124 valence electrons. The summed E-state index contributed by atoms with van der Waals surface area (Å²) in [5.74, 6) is 2.32. The number of carbonyl (C=O) groups excluding carboxylic acids is 1. The molecule has 4 unspecified atom stereocenters. The normalized spacial score (nSPS) is 30.4. The average molecular weight is 316 g/mol. The summed E-state index contributed by atoms with van der Waals surface area (Å²) in [5, 5.41) is 11.0. The standard InChI is InChI=1S/C18H24N2O3/c19-18(22)23-9-13-5-6-14(11-3-4-11)16(20-13)17(21)15-8-10-1-2-12(15)7-10/h5-6,10-12,15,17,21H,1-4,7-9H2,(H2,19,22). The fourth-order valence-electron chi connectivity index (χ4n) is 4.61. The molecule has 3 fully saturated rings. The van der Waals surface area contributed by atoms with Gasteiger partial charge in [0.05, 0.1) is 17.5 Å². The van der Waals surface area contributed by atoms with Gasteiger partial charge in [0.2, 0.25) is 0 Å². The summed E-state index contributed by atoms with van der Waals surface area (Å²) in [4.78, 5) is 15.4. The Kier molecular flexibility index (Phi) is 3.76. The number of carbonyl (C=O) groups is 1. The van der Waals surface area contributed by atoms with Gasteiger partial charge in [-0.05, 0) is 67.4 Å². The van der Waals surface area contributed by atoms with E-state index in [9.17, 15) is 9.90 Å². The largest absolute Gasteiger partial charge is 0.443 e. The van der Waals surface area contributed by atoms with Gasteiger partial charge < -0.3 is 15.6 Å². The van der Waals surface area contributed by atoms with Crippen LogP contribution in [0.25, 0.3) is 0 Å². The molecule has 3 saturated carbocycles. The smallest absolute Gasteiger partial charge is 0.404 e. The zero-order valence-electron chi connectivity index (χ0n) is 13.3. The van der Waals surface area contributed by atoms with Crippen molar-refractivity contribution in [1.82, 2.24) is 4.98 Å². The van der Waals surface area contributed by atoms with Crippen molar-refractivity contribution in [3.05, 3.63) is 29.1 Å². The van der Waals surface area contributed by atoms with Crippen LogP contribution in [0, 0.1) is 17.8 Å². The number of nitrogens with zero attached hydrogens (tertiary/aromatic N) is 1.